The van der Waals surface area contributed by atoms with E-state index in [0.29, 0.717) is 29.4 Å². The van der Waals surface area contributed by atoms with Gasteiger partial charge in [0.05, 0.1) is 5.69 Å². The Morgan fingerprint density at radius 1 is 1.28 bits per heavy atom. The average Bonchev–Trinajstić information content (AvgIpc) is 2.70. The maximum absolute atomic E-state index is 12.5. The zero-order valence-corrected chi connectivity index (χ0v) is 17.0. The highest BCUT2D eigenvalue weighted by Gasteiger charge is 2.31. The zero-order valence-electron chi connectivity index (χ0n) is 17.0. The number of hydrogen-bond acceptors (Lipinski definition) is 4. The number of anilines is 2. The lowest BCUT2D eigenvalue weighted by Crippen LogP contribution is -2.45. The Morgan fingerprint density at radius 2 is 2.07 bits per heavy atom. The molecule has 3 rings (SSSR count). The van der Waals surface area contributed by atoms with Gasteiger partial charge < -0.3 is 19.7 Å². The van der Waals surface area contributed by atoms with Gasteiger partial charge in [-0.2, -0.15) is 0 Å². The molecular weight excluding hydrogens is 368 g/mol. The van der Waals surface area contributed by atoms with Gasteiger partial charge >= 0.3 is 0 Å². The molecule has 1 atom stereocenters. The van der Waals surface area contributed by atoms with Crippen molar-refractivity contribution in [2.24, 2.45) is 0 Å². The molecule has 1 aliphatic heterocycles. The molecule has 0 saturated carbocycles. The Morgan fingerprint density at radius 3 is 2.79 bits per heavy atom. The Kier molecular flexibility index (Phi) is 6.22. The zero-order chi connectivity index (χ0) is 21.0. The van der Waals surface area contributed by atoms with E-state index in [1.165, 1.54) is 0 Å². The largest absolute Gasteiger partial charge is 0.484 e. The molecule has 0 aromatic heterocycles. The minimum absolute atomic E-state index is 0.105. The van der Waals surface area contributed by atoms with E-state index < -0.39 is 6.10 Å². The molecule has 1 heterocycles. The number of ether oxygens (including phenoxy) is 2. The number of carbonyl (C=O) groups is 2. The van der Waals surface area contributed by atoms with E-state index in [-0.39, 0.29) is 18.4 Å². The molecule has 152 valence electrons. The van der Waals surface area contributed by atoms with Crippen molar-refractivity contribution in [3.8, 4) is 11.5 Å². The van der Waals surface area contributed by atoms with Crippen molar-refractivity contribution < 1.29 is 19.1 Å². The highest BCUT2D eigenvalue weighted by atomic mass is 16.5. The summed E-state index contributed by atoms with van der Waals surface area (Å²) in [5.74, 6) is 0.840. The van der Waals surface area contributed by atoms with Crippen LogP contribution in [0.3, 0.4) is 0 Å². The first-order valence-corrected chi connectivity index (χ1v) is 9.65. The van der Waals surface area contributed by atoms with E-state index in [9.17, 15) is 9.59 Å². The lowest BCUT2D eigenvalue weighted by atomic mass is 10.1. The van der Waals surface area contributed by atoms with Crippen LogP contribution < -0.4 is 19.7 Å². The van der Waals surface area contributed by atoms with Crippen LogP contribution in [0.4, 0.5) is 11.4 Å². The molecule has 6 heteroatoms. The summed E-state index contributed by atoms with van der Waals surface area (Å²) in [4.78, 5) is 26.5. The lowest BCUT2D eigenvalue weighted by molar-refractivity contribution is -0.125. The van der Waals surface area contributed by atoms with Crippen molar-refractivity contribution in [3.63, 3.8) is 0 Å². The van der Waals surface area contributed by atoms with Crippen molar-refractivity contribution in [3.05, 3.63) is 60.2 Å². The van der Waals surface area contributed by atoms with Gasteiger partial charge in [0.2, 0.25) is 0 Å². The second-order valence-corrected chi connectivity index (χ2v) is 7.16. The van der Waals surface area contributed by atoms with Crippen LogP contribution in [0.25, 0.3) is 0 Å². The standard InChI is InChI=1S/C23H26N2O4/c1-5-17-7-6-8-19(11-17)28-14-22(26)24-18-9-10-21-20(12-18)25(13-15(2)3)23(27)16(4)29-21/h6-12,16H,2,5,13-14H2,1,3-4H3,(H,24,26). The van der Waals surface area contributed by atoms with Gasteiger partial charge in [0.25, 0.3) is 11.8 Å². The Bertz CT molecular complexity index is 938. The Balaban J connectivity index is 1.70. The van der Waals surface area contributed by atoms with Crippen LogP contribution in [0.1, 0.15) is 26.3 Å². The molecule has 2 amide bonds. The molecule has 6 nitrogen and oxygen atoms in total. The fourth-order valence-corrected chi connectivity index (χ4v) is 3.12. The van der Waals surface area contributed by atoms with Gasteiger partial charge in [-0.05, 0) is 56.2 Å². The molecule has 0 spiro atoms. The van der Waals surface area contributed by atoms with Crippen LogP contribution in [0, 0.1) is 0 Å². The van der Waals surface area contributed by atoms with Gasteiger partial charge in [-0.1, -0.05) is 31.2 Å². The summed E-state index contributed by atoms with van der Waals surface area (Å²) in [6.07, 6.45) is 0.341. The first kappa shape index (κ1) is 20.5. The Hall–Kier alpha value is -3.28. The number of nitrogens with one attached hydrogen (secondary N) is 1. The third-order valence-corrected chi connectivity index (χ3v) is 4.56. The average molecular weight is 394 g/mol. The van der Waals surface area contributed by atoms with Crippen molar-refractivity contribution in [1.29, 1.82) is 0 Å². The molecule has 2 aromatic rings. The minimum atomic E-state index is -0.561. The maximum Gasteiger partial charge on any atom is 0.268 e. The smallest absolute Gasteiger partial charge is 0.268 e. The number of carbonyl (C=O) groups excluding carboxylic acids is 2. The van der Waals surface area contributed by atoms with Crippen molar-refractivity contribution >= 4 is 23.2 Å². The highest BCUT2D eigenvalue weighted by molar-refractivity contribution is 6.01. The van der Waals surface area contributed by atoms with E-state index in [2.05, 4.69) is 18.8 Å². The Labute approximate surface area is 171 Å². The molecule has 1 unspecified atom stereocenters. The van der Waals surface area contributed by atoms with E-state index in [4.69, 9.17) is 9.47 Å². The predicted molar refractivity (Wildman–Crippen MR) is 114 cm³/mol. The molecule has 0 saturated heterocycles. The van der Waals surface area contributed by atoms with Gasteiger partial charge in [-0.15, -0.1) is 0 Å². The van der Waals surface area contributed by atoms with Gasteiger partial charge in [0.1, 0.15) is 11.5 Å². The summed E-state index contributed by atoms with van der Waals surface area (Å²) >= 11 is 0. The third kappa shape index (κ3) is 4.96. The van der Waals surface area contributed by atoms with Gasteiger partial charge in [0.15, 0.2) is 12.7 Å². The molecule has 0 radical (unpaired) electrons. The molecule has 0 bridgehead atoms. The number of rotatable bonds is 7. The number of fused-ring (bicyclic) bond motifs is 1. The topological polar surface area (TPSA) is 67.9 Å². The lowest BCUT2D eigenvalue weighted by Gasteiger charge is -2.33. The molecule has 1 N–H and O–H groups in total. The van der Waals surface area contributed by atoms with E-state index in [1.54, 1.807) is 30.0 Å². The minimum Gasteiger partial charge on any atom is -0.484 e. The van der Waals surface area contributed by atoms with Crippen molar-refractivity contribution in [1.82, 2.24) is 0 Å². The van der Waals surface area contributed by atoms with E-state index in [1.807, 2.05) is 31.2 Å². The van der Waals surface area contributed by atoms with Crippen LogP contribution >= 0.6 is 0 Å². The summed E-state index contributed by atoms with van der Waals surface area (Å²) in [6.45, 7) is 9.84. The molecular formula is C23H26N2O4. The van der Waals surface area contributed by atoms with Crippen molar-refractivity contribution in [2.75, 3.05) is 23.4 Å². The van der Waals surface area contributed by atoms with Gasteiger partial charge in [-0.25, -0.2) is 0 Å². The van der Waals surface area contributed by atoms with Gasteiger partial charge in [-0.3, -0.25) is 9.59 Å². The highest BCUT2D eigenvalue weighted by Crippen LogP contribution is 2.36. The first-order chi connectivity index (χ1) is 13.9. The quantitative estimate of drug-likeness (QED) is 0.722. The van der Waals surface area contributed by atoms with Gasteiger partial charge in [0, 0.05) is 12.2 Å². The fraction of sp³-hybridized carbons (Fsp3) is 0.304. The molecule has 1 aliphatic rings. The summed E-state index contributed by atoms with van der Waals surface area (Å²) in [5.41, 5.74) is 3.19. The van der Waals surface area contributed by atoms with E-state index >= 15 is 0 Å². The van der Waals surface area contributed by atoms with Crippen LogP contribution in [-0.4, -0.2) is 31.1 Å². The molecule has 0 fully saturated rings. The van der Waals surface area contributed by atoms with Crippen LogP contribution in [0.15, 0.2) is 54.6 Å². The third-order valence-electron chi connectivity index (χ3n) is 4.56. The van der Waals surface area contributed by atoms with Crippen LogP contribution in [0.2, 0.25) is 0 Å². The SMILES string of the molecule is C=C(C)CN1C(=O)C(C)Oc2ccc(NC(=O)COc3cccc(CC)c3)cc21. The monoisotopic (exact) mass is 394 g/mol. The van der Waals surface area contributed by atoms with Crippen LogP contribution in [-0.2, 0) is 16.0 Å². The second kappa shape index (κ2) is 8.82. The molecule has 0 aliphatic carbocycles. The van der Waals surface area contributed by atoms with E-state index in [0.717, 1.165) is 17.6 Å². The number of nitrogens with zero attached hydrogens (tertiary/aromatic N) is 1. The summed E-state index contributed by atoms with van der Waals surface area (Å²) in [6, 6.07) is 12.9. The second-order valence-electron chi connectivity index (χ2n) is 7.16. The molecule has 29 heavy (non-hydrogen) atoms. The number of benzene rings is 2. The molecule has 2 aromatic carbocycles. The maximum atomic E-state index is 12.5. The summed E-state index contributed by atoms with van der Waals surface area (Å²) in [7, 11) is 0. The number of amides is 2. The summed E-state index contributed by atoms with van der Waals surface area (Å²) in [5, 5.41) is 2.81. The predicted octanol–water partition coefficient (Wildman–Crippen LogP) is 3.96. The van der Waals surface area contributed by atoms with Crippen LogP contribution in [0.5, 0.6) is 11.5 Å². The fourth-order valence-electron chi connectivity index (χ4n) is 3.12. The number of aryl methyl sites for hydroxylation is 1. The first-order valence-electron chi connectivity index (χ1n) is 9.65. The normalized spacial score (nSPS) is 15.3. The van der Waals surface area contributed by atoms with Crippen molar-refractivity contribution in [2.45, 2.75) is 33.3 Å². The summed E-state index contributed by atoms with van der Waals surface area (Å²) < 4.78 is 11.3. The number of hydrogen-bond donors (Lipinski definition) is 1.